The zero-order valence-electron chi connectivity index (χ0n) is 14.5. The summed E-state index contributed by atoms with van der Waals surface area (Å²) >= 11 is 1.62. The predicted molar refractivity (Wildman–Crippen MR) is 97.1 cm³/mol. The molecule has 0 amide bonds. The van der Waals surface area contributed by atoms with Crippen LogP contribution in [0.2, 0.25) is 0 Å². The third-order valence-corrected chi connectivity index (χ3v) is 5.21. The molecule has 0 radical (unpaired) electrons. The van der Waals surface area contributed by atoms with Crippen molar-refractivity contribution in [3.63, 3.8) is 0 Å². The summed E-state index contributed by atoms with van der Waals surface area (Å²) < 4.78 is 39.8. The molecule has 3 nitrogen and oxygen atoms in total. The van der Waals surface area contributed by atoms with Gasteiger partial charge in [0, 0.05) is 39.7 Å². The van der Waals surface area contributed by atoms with Crippen LogP contribution in [0.5, 0.6) is 0 Å². The van der Waals surface area contributed by atoms with Gasteiger partial charge in [0.15, 0.2) is 0 Å². The summed E-state index contributed by atoms with van der Waals surface area (Å²) in [4.78, 5) is 6.76. The van der Waals surface area contributed by atoms with E-state index in [4.69, 9.17) is 5.73 Å². The smallest absolute Gasteiger partial charge is 0.370 e. The van der Waals surface area contributed by atoms with Crippen LogP contribution in [-0.4, -0.2) is 29.4 Å². The molecular weight excluding hydrogens is 347 g/mol. The summed E-state index contributed by atoms with van der Waals surface area (Å²) in [7, 11) is 0. The Kier molecular flexibility index (Phi) is 4.66. The second kappa shape index (κ2) is 6.36. The van der Waals surface area contributed by atoms with Gasteiger partial charge in [-0.1, -0.05) is 20.8 Å². The van der Waals surface area contributed by atoms with Gasteiger partial charge in [-0.15, -0.1) is 11.8 Å². The number of fused-ring (bicyclic) bond motifs is 1. The van der Waals surface area contributed by atoms with Crippen LogP contribution in [0.15, 0.2) is 29.2 Å². The maximum Gasteiger partial charge on any atom is 0.433 e. The van der Waals surface area contributed by atoms with Gasteiger partial charge in [-0.05, 0) is 30.8 Å². The zero-order valence-corrected chi connectivity index (χ0v) is 15.3. The number of benzene rings is 1. The Bertz CT molecular complexity index is 777. The Morgan fingerprint density at radius 1 is 1.20 bits per heavy atom. The number of hydrogen-bond donors (Lipinski definition) is 1. The van der Waals surface area contributed by atoms with Crippen LogP contribution in [0.1, 0.15) is 26.5 Å². The average molecular weight is 369 g/mol. The van der Waals surface area contributed by atoms with Crippen LogP contribution >= 0.6 is 11.8 Å². The Balaban J connectivity index is 2.07. The van der Waals surface area contributed by atoms with Gasteiger partial charge in [0.25, 0.3) is 0 Å². The van der Waals surface area contributed by atoms with Gasteiger partial charge in [0.1, 0.15) is 5.69 Å². The van der Waals surface area contributed by atoms with Gasteiger partial charge in [0.05, 0.1) is 5.52 Å². The molecule has 0 aliphatic carbocycles. The number of hydrogen-bond acceptors (Lipinski definition) is 4. The Morgan fingerprint density at radius 3 is 2.44 bits per heavy atom. The van der Waals surface area contributed by atoms with E-state index in [0.29, 0.717) is 36.8 Å². The van der Waals surface area contributed by atoms with Gasteiger partial charge >= 0.3 is 6.18 Å². The van der Waals surface area contributed by atoms with Crippen molar-refractivity contribution in [1.82, 2.24) is 4.98 Å². The molecule has 25 heavy (non-hydrogen) atoms. The summed E-state index contributed by atoms with van der Waals surface area (Å²) in [5.74, 6) is 0.341. The fourth-order valence-corrected chi connectivity index (χ4v) is 3.94. The van der Waals surface area contributed by atoms with Crippen LogP contribution in [0.25, 0.3) is 10.9 Å². The SMILES string of the molecule is CC(C)(C)Sc1ccc2c(N3CC(CN)C3)cc(C(F)(F)F)nc2c1. The summed E-state index contributed by atoms with van der Waals surface area (Å²) in [5.41, 5.74) is 5.78. The first kappa shape index (κ1) is 18.3. The van der Waals surface area contributed by atoms with Gasteiger partial charge in [-0.25, -0.2) is 4.98 Å². The third kappa shape index (κ3) is 4.03. The lowest BCUT2D eigenvalue weighted by molar-refractivity contribution is -0.140. The van der Waals surface area contributed by atoms with Crippen molar-refractivity contribution in [3.8, 4) is 0 Å². The van der Waals surface area contributed by atoms with Crippen molar-refractivity contribution < 1.29 is 13.2 Å². The number of alkyl halides is 3. The topological polar surface area (TPSA) is 42.1 Å². The Hall–Kier alpha value is -1.47. The van der Waals surface area contributed by atoms with Gasteiger partial charge < -0.3 is 10.6 Å². The lowest BCUT2D eigenvalue weighted by Crippen LogP contribution is -2.50. The molecule has 0 atom stereocenters. The van der Waals surface area contributed by atoms with Gasteiger partial charge in [-0.3, -0.25) is 0 Å². The van der Waals surface area contributed by atoms with Crippen molar-refractivity contribution in [2.24, 2.45) is 11.7 Å². The minimum atomic E-state index is -4.46. The molecule has 0 spiro atoms. The van der Waals surface area contributed by atoms with E-state index in [1.807, 2.05) is 17.0 Å². The number of nitrogens with zero attached hydrogens (tertiary/aromatic N) is 2. The minimum Gasteiger partial charge on any atom is -0.370 e. The molecule has 2 N–H and O–H groups in total. The second-order valence-corrected chi connectivity index (χ2v) is 9.32. The molecule has 2 heterocycles. The number of rotatable bonds is 3. The maximum atomic E-state index is 13.3. The van der Waals surface area contributed by atoms with Crippen LogP contribution in [-0.2, 0) is 6.18 Å². The summed E-state index contributed by atoms with van der Waals surface area (Å²) in [6.45, 7) is 8.13. The van der Waals surface area contributed by atoms with Gasteiger partial charge in [0.2, 0.25) is 0 Å². The highest BCUT2D eigenvalue weighted by molar-refractivity contribution is 8.00. The van der Waals surface area contributed by atoms with E-state index in [2.05, 4.69) is 25.8 Å². The molecule has 1 aromatic carbocycles. The molecule has 3 rings (SSSR count). The molecule has 2 aromatic rings. The predicted octanol–water partition coefficient (Wildman–Crippen LogP) is 4.54. The average Bonchev–Trinajstić information content (AvgIpc) is 2.42. The molecule has 7 heteroatoms. The molecule has 0 saturated carbocycles. The molecule has 1 saturated heterocycles. The van der Waals surface area contributed by atoms with Crippen LogP contribution in [0.4, 0.5) is 18.9 Å². The van der Waals surface area contributed by atoms with Crippen LogP contribution < -0.4 is 10.6 Å². The standard InChI is InChI=1S/C18H22F3N3S/c1-17(2,3)25-12-4-5-13-14(6-12)23-16(18(19,20)21)7-15(13)24-9-11(8-22)10-24/h4-7,11H,8-10,22H2,1-3H3. The first-order valence-electron chi connectivity index (χ1n) is 8.23. The van der Waals surface area contributed by atoms with Crippen molar-refractivity contribution >= 4 is 28.4 Å². The van der Waals surface area contributed by atoms with Crippen molar-refractivity contribution in [3.05, 3.63) is 30.0 Å². The lowest BCUT2D eigenvalue weighted by Gasteiger charge is -2.41. The minimum absolute atomic E-state index is 0.0238. The number of pyridine rings is 1. The lowest BCUT2D eigenvalue weighted by atomic mass is 9.98. The molecule has 0 bridgehead atoms. The first-order chi connectivity index (χ1) is 11.6. The molecule has 1 aliphatic heterocycles. The first-order valence-corrected chi connectivity index (χ1v) is 9.04. The van der Waals surface area contributed by atoms with E-state index in [-0.39, 0.29) is 4.75 Å². The van der Waals surface area contributed by atoms with Crippen molar-refractivity contribution in [2.75, 3.05) is 24.5 Å². The van der Waals surface area contributed by atoms with Crippen LogP contribution in [0, 0.1) is 5.92 Å². The zero-order chi connectivity index (χ0) is 18.4. The number of halogens is 3. The molecule has 1 aliphatic rings. The van der Waals surface area contributed by atoms with Crippen molar-refractivity contribution in [1.29, 1.82) is 0 Å². The monoisotopic (exact) mass is 369 g/mol. The highest BCUT2D eigenvalue weighted by Gasteiger charge is 2.35. The van der Waals surface area contributed by atoms with E-state index in [1.165, 1.54) is 0 Å². The number of anilines is 1. The van der Waals surface area contributed by atoms with Crippen LogP contribution in [0.3, 0.4) is 0 Å². The highest BCUT2D eigenvalue weighted by Crippen LogP contribution is 2.39. The number of aromatic nitrogens is 1. The molecule has 136 valence electrons. The molecular formula is C18H22F3N3S. The van der Waals surface area contributed by atoms with E-state index in [9.17, 15) is 13.2 Å². The Morgan fingerprint density at radius 2 is 1.88 bits per heavy atom. The largest absolute Gasteiger partial charge is 0.433 e. The molecule has 1 aromatic heterocycles. The van der Waals surface area contributed by atoms with Gasteiger partial charge in [-0.2, -0.15) is 13.2 Å². The summed E-state index contributed by atoms with van der Waals surface area (Å²) in [6, 6.07) is 6.74. The van der Waals surface area contributed by atoms with Crippen molar-refractivity contribution in [2.45, 2.75) is 36.6 Å². The Labute approximate surface area is 149 Å². The fourth-order valence-electron chi connectivity index (χ4n) is 2.93. The maximum absolute atomic E-state index is 13.3. The van der Waals surface area contributed by atoms with E-state index in [0.717, 1.165) is 16.3 Å². The molecule has 0 unspecified atom stereocenters. The quantitative estimate of drug-likeness (QED) is 0.807. The van der Waals surface area contributed by atoms with E-state index < -0.39 is 11.9 Å². The summed E-state index contributed by atoms with van der Waals surface area (Å²) in [5, 5.41) is 0.752. The van der Waals surface area contributed by atoms with E-state index in [1.54, 1.807) is 17.8 Å². The number of thioether (sulfide) groups is 1. The number of nitrogens with two attached hydrogens (primary N) is 1. The fraction of sp³-hybridized carbons (Fsp3) is 0.500. The third-order valence-electron chi connectivity index (χ3n) is 4.11. The second-order valence-electron chi connectivity index (χ2n) is 7.42. The normalized spacial score (nSPS) is 16.4. The van der Waals surface area contributed by atoms with E-state index >= 15 is 0 Å². The highest BCUT2D eigenvalue weighted by atomic mass is 32.2. The summed E-state index contributed by atoms with van der Waals surface area (Å²) in [6.07, 6.45) is -4.46. The molecule has 1 fully saturated rings.